The van der Waals surface area contributed by atoms with Crippen LogP contribution in [-0.2, 0) is 0 Å². The maximum absolute atomic E-state index is 2.45. The predicted octanol–water partition coefficient (Wildman–Crippen LogP) is 2.30. The first-order chi connectivity index (χ1) is 21.1. The van der Waals surface area contributed by atoms with Crippen molar-refractivity contribution in [1.29, 1.82) is 0 Å². The van der Waals surface area contributed by atoms with Gasteiger partial charge in [0, 0.05) is 13.2 Å². The van der Waals surface area contributed by atoms with E-state index in [1.807, 2.05) is 26.0 Å². The van der Waals surface area contributed by atoms with Crippen LogP contribution in [0.4, 0.5) is 0 Å². The molecule has 0 aliphatic heterocycles. The molecule has 0 aromatic rings. The Bertz CT molecular complexity index is 546. The molecule has 0 heterocycles. The van der Waals surface area contributed by atoms with E-state index in [-0.39, 0.29) is 14.9 Å². The third-order valence-electron chi connectivity index (χ3n) is 5.07. The van der Waals surface area contributed by atoms with E-state index in [9.17, 15) is 0 Å². The van der Waals surface area contributed by atoms with E-state index in [1.165, 1.54) is 0 Å². The minimum Gasteiger partial charge on any atom is -0.312 e. The van der Waals surface area contributed by atoms with E-state index in [2.05, 4.69) is 214 Å². The molecule has 0 saturated carbocycles. The van der Waals surface area contributed by atoms with Crippen LogP contribution in [0.3, 0.4) is 0 Å². The number of hydrogen-bond donors (Lipinski definition) is 0. The quantitative estimate of drug-likeness (QED) is 0.208. The Hall–Kier alpha value is -0.520. The fraction of sp³-hybridized carbons (Fsp3) is 1.00. The van der Waals surface area contributed by atoms with Crippen molar-refractivity contribution < 1.29 is 0 Å². The summed E-state index contributed by atoms with van der Waals surface area (Å²) in [6, 6.07) is 0. The van der Waals surface area contributed by atoms with Gasteiger partial charge in [-0.3, -0.25) is 58.8 Å². The third-order valence-corrected chi connectivity index (χ3v) is 5.07. The molecule has 0 aliphatic rings. The summed E-state index contributed by atoms with van der Waals surface area (Å²) >= 11 is 0. The van der Waals surface area contributed by atoms with Gasteiger partial charge in [0.25, 0.3) is 0 Å². The molecule has 0 spiro atoms. The molecular formula is C36H99N13. The van der Waals surface area contributed by atoms with E-state index < -0.39 is 0 Å². The van der Waals surface area contributed by atoms with Crippen molar-refractivity contribution in [2.24, 2.45) is 5.92 Å². The Morgan fingerprint density at radius 2 is 0.551 bits per heavy atom. The first-order valence-electron chi connectivity index (χ1n) is 16.7. The van der Waals surface area contributed by atoms with E-state index in [1.54, 1.807) is 0 Å². The molecule has 0 radical (unpaired) electrons. The van der Waals surface area contributed by atoms with Gasteiger partial charge in [0.2, 0.25) is 0 Å². The minimum absolute atomic E-state index is 0. The van der Waals surface area contributed by atoms with Crippen LogP contribution in [0.25, 0.3) is 0 Å². The van der Waals surface area contributed by atoms with E-state index >= 15 is 0 Å². The maximum Gasteiger partial charge on any atom is 0.118 e. The Kier molecular flexibility index (Phi) is 50.2. The van der Waals surface area contributed by atoms with Gasteiger partial charge in [0.1, 0.15) is 6.29 Å². The van der Waals surface area contributed by atoms with Crippen LogP contribution in [0.2, 0.25) is 0 Å². The SMILES string of the molecule is C.C.CC(C)CN(CN(C)C)CN(C)C.CN(C)C.CN(C)C(N(C)C)N(C)C.CN(C)CN(C)C.CN(C)CN(C)CN(C)CN(C)C. The van der Waals surface area contributed by atoms with Crippen LogP contribution < -0.4 is 0 Å². The largest absolute Gasteiger partial charge is 0.312 e. The maximum atomic E-state index is 2.45. The van der Waals surface area contributed by atoms with Crippen molar-refractivity contribution in [3.05, 3.63) is 0 Å². The smallest absolute Gasteiger partial charge is 0.118 e. The van der Waals surface area contributed by atoms with E-state index in [0.717, 1.165) is 52.5 Å². The van der Waals surface area contributed by atoms with E-state index in [4.69, 9.17) is 0 Å². The average molecular weight is 714 g/mol. The third kappa shape index (κ3) is 63.0. The van der Waals surface area contributed by atoms with E-state index in [0.29, 0.717) is 6.29 Å². The second-order valence-electron chi connectivity index (χ2n) is 15.9. The zero-order valence-electron chi connectivity index (χ0n) is 36.9. The predicted molar refractivity (Wildman–Crippen MR) is 226 cm³/mol. The molecule has 0 N–H and O–H groups in total. The molecule has 49 heavy (non-hydrogen) atoms. The van der Waals surface area contributed by atoms with Crippen LogP contribution in [0.15, 0.2) is 0 Å². The Labute approximate surface area is 312 Å². The number of rotatable bonds is 17. The highest BCUT2D eigenvalue weighted by Crippen LogP contribution is 2.00. The van der Waals surface area contributed by atoms with Crippen molar-refractivity contribution in [1.82, 2.24) is 63.7 Å². The summed E-state index contributed by atoms with van der Waals surface area (Å²) in [6.45, 7) is 11.8. The fourth-order valence-electron chi connectivity index (χ4n) is 4.90. The lowest BCUT2D eigenvalue weighted by Gasteiger charge is -2.35. The van der Waals surface area contributed by atoms with Crippen molar-refractivity contribution in [2.45, 2.75) is 35.0 Å². The van der Waals surface area contributed by atoms with Gasteiger partial charge in [-0.15, -0.1) is 0 Å². The highest BCUT2D eigenvalue weighted by Gasteiger charge is 2.14. The second kappa shape index (κ2) is 38.7. The summed E-state index contributed by atoms with van der Waals surface area (Å²) in [7, 11) is 47.7. The topological polar surface area (TPSA) is 42.1 Å². The average Bonchev–Trinajstić information content (AvgIpc) is 2.75. The second-order valence-corrected chi connectivity index (χ2v) is 15.9. The van der Waals surface area contributed by atoms with Crippen LogP contribution in [-0.4, -0.2) is 279 Å². The summed E-state index contributed by atoms with van der Waals surface area (Å²) in [6.07, 6.45) is 0.389. The first kappa shape index (κ1) is 63.5. The zero-order chi connectivity index (χ0) is 38.6. The lowest BCUT2D eigenvalue weighted by Crippen LogP contribution is -2.50. The zero-order valence-corrected chi connectivity index (χ0v) is 36.9. The van der Waals surface area contributed by atoms with Gasteiger partial charge in [-0.25, -0.2) is 0 Å². The molecule has 0 amide bonds. The summed E-state index contributed by atoms with van der Waals surface area (Å²) in [5.74, 6) is 0.736. The molecule has 0 fully saturated rings. The molecule has 0 atom stereocenters. The van der Waals surface area contributed by atoms with Crippen LogP contribution in [0, 0.1) is 5.92 Å². The lowest BCUT2D eigenvalue weighted by atomic mass is 10.2. The molecule has 0 rings (SSSR count). The minimum atomic E-state index is 0. The van der Waals surface area contributed by atoms with Gasteiger partial charge in [-0.2, -0.15) is 0 Å². The van der Waals surface area contributed by atoms with Gasteiger partial charge in [0.05, 0.1) is 33.3 Å². The fourth-order valence-corrected chi connectivity index (χ4v) is 4.90. The normalized spacial score (nSPS) is 11.5. The molecule has 0 unspecified atom stereocenters. The van der Waals surface area contributed by atoms with Crippen molar-refractivity contribution >= 4 is 0 Å². The molecule has 13 nitrogen and oxygen atoms in total. The summed E-state index contributed by atoms with van der Waals surface area (Å²) in [5, 5.41) is 0. The Morgan fingerprint density at radius 1 is 0.327 bits per heavy atom. The molecule has 0 aliphatic carbocycles. The summed E-state index contributed by atoms with van der Waals surface area (Å²) in [5.41, 5.74) is 0. The van der Waals surface area contributed by atoms with Gasteiger partial charge in [-0.1, -0.05) is 28.7 Å². The number of hydrogen-bond acceptors (Lipinski definition) is 13. The highest BCUT2D eigenvalue weighted by molar-refractivity contribution is 4.59. The molecule has 0 bridgehead atoms. The van der Waals surface area contributed by atoms with Gasteiger partial charge in [-0.05, 0) is 168 Å². The van der Waals surface area contributed by atoms with Crippen LogP contribution in [0.5, 0.6) is 0 Å². The molecule has 13 heteroatoms. The number of nitrogens with zero attached hydrogens (tertiary/aromatic N) is 13. The van der Waals surface area contributed by atoms with Crippen LogP contribution in [0.1, 0.15) is 28.7 Å². The lowest BCUT2D eigenvalue weighted by molar-refractivity contribution is 0.00961. The van der Waals surface area contributed by atoms with Gasteiger partial charge >= 0.3 is 0 Å². The van der Waals surface area contributed by atoms with Gasteiger partial charge in [0.15, 0.2) is 0 Å². The standard InChI is InChI=1S/C10H25N3.C9H24N4.C7H19N3.C5H14N2.C3H9N.2CH4/c1-10(2)7-13(8-11(3)4)9-12(5)6;1-10(2)7-12(5)9-13(6)8-11(3)4;1-8(2)7(9(3)4)10(5)6;1-6(2)5-7(3)4;1-4(2)3;;/h10H,7-9H2,1-6H3;7-9H2,1-6H3;7H,1-6H3;5H2,1-4H3;1-3H3;2*1H4. The molecule has 0 aromatic carbocycles. The Morgan fingerprint density at radius 3 is 0.673 bits per heavy atom. The first-order valence-corrected chi connectivity index (χ1v) is 16.7. The van der Waals surface area contributed by atoms with Crippen molar-refractivity contribution in [3.63, 3.8) is 0 Å². The van der Waals surface area contributed by atoms with Crippen molar-refractivity contribution in [3.8, 4) is 0 Å². The van der Waals surface area contributed by atoms with Crippen LogP contribution >= 0.6 is 0 Å². The Balaban J connectivity index is -0.0000000930. The van der Waals surface area contributed by atoms with Crippen molar-refractivity contribution in [2.75, 3.05) is 209 Å². The monoisotopic (exact) mass is 714 g/mol. The molecule has 0 saturated heterocycles. The molecular weight excluding hydrogens is 614 g/mol. The summed E-state index contributed by atoms with van der Waals surface area (Å²) < 4.78 is 0. The molecule has 308 valence electrons. The highest BCUT2D eigenvalue weighted by atomic mass is 15.5. The van der Waals surface area contributed by atoms with Gasteiger partial charge < -0.3 is 4.90 Å². The molecule has 0 aromatic heterocycles. The summed E-state index contributed by atoms with van der Waals surface area (Å²) in [4.78, 5) is 28.5.